The summed E-state index contributed by atoms with van der Waals surface area (Å²) in [5.41, 5.74) is 1.21. The number of ether oxygens (including phenoxy) is 3. The molecule has 8 nitrogen and oxygen atoms in total. The maximum atomic E-state index is 12.8. The van der Waals surface area contributed by atoms with E-state index in [0.717, 1.165) is 15.6 Å². The van der Waals surface area contributed by atoms with Crippen molar-refractivity contribution < 1.29 is 28.2 Å². The van der Waals surface area contributed by atoms with E-state index in [9.17, 15) is 9.59 Å². The fourth-order valence-corrected chi connectivity index (χ4v) is 4.11. The van der Waals surface area contributed by atoms with Crippen molar-refractivity contribution in [1.82, 2.24) is 4.57 Å². The van der Waals surface area contributed by atoms with Gasteiger partial charge in [-0.25, -0.2) is 0 Å². The summed E-state index contributed by atoms with van der Waals surface area (Å²) in [6.45, 7) is -0.0805. The molecule has 30 heavy (non-hydrogen) atoms. The van der Waals surface area contributed by atoms with Crippen molar-refractivity contribution in [1.29, 1.82) is 0 Å². The Morgan fingerprint density at radius 1 is 1.10 bits per heavy atom. The van der Waals surface area contributed by atoms with Crippen molar-refractivity contribution >= 4 is 44.4 Å². The number of nitrogens with zero attached hydrogens (tertiary/aromatic N) is 2. The fraction of sp³-hybridized carbons (Fsp3) is 0.190. The van der Waals surface area contributed by atoms with Crippen LogP contribution in [0.5, 0.6) is 11.5 Å². The van der Waals surface area contributed by atoms with Crippen molar-refractivity contribution in [2.24, 2.45) is 4.99 Å². The molecule has 0 aliphatic rings. The molecule has 0 saturated heterocycles. The van der Waals surface area contributed by atoms with Crippen LogP contribution < -0.4 is 14.3 Å². The quantitative estimate of drug-likeness (QED) is 0.454. The molecule has 0 fully saturated rings. The fourth-order valence-electron chi connectivity index (χ4n) is 3.06. The van der Waals surface area contributed by atoms with Crippen molar-refractivity contribution in [2.75, 3.05) is 21.3 Å². The van der Waals surface area contributed by atoms with Gasteiger partial charge < -0.3 is 23.2 Å². The number of aromatic nitrogens is 1. The molecule has 0 unspecified atom stereocenters. The van der Waals surface area contributed by atoms with Gasteiger partial charge in [0.05, 0.1) is 31.5 Å². The molecular formula is C21H18N2O6S. The molecule has 0 saturated carbocycles. The minimum atomic E-state index is -0.564. The average Bonchev–Trinajstić information content (AvgIpc) is 3.34. The second kappa shape index (κ2) is 8.03. The van der Waals surface area contributed by atoms with Crippen LogP contribution in [0.15, 0.2) is 51.9 Å². The standard InChI is InChI=1S/C21H18N2O6S/c1-26-13-7-8-14-17(10-13)30-21(23(14)11-18(24)28-3)22-20(25)16-9-12-5-4-6-15(27-2)19(12)29-16/h4-10H,11H2,1-3H3. The smallest absolute Gasteiger partial charge is 0.325 e. The zero-order chi connectivity index (χ0) is 21.3. The number of furan rings is 1. The number of rotatable bonds is 5. The van der Waals surface area contributed by atoms with Crippen LogP contribution in [0.1, 0.15) is 10.6 Å². The van der Waals surface area contributed by atoms with E-state index in [1.54, 1.807) is 29.9 Å². The third-order valence-electron chi connectivity index (χ3n) is 4.54. The monoisotopic (exact) mass is 426 g/mol. The Bertz CT molecular complexity index is 1330. The predicted octanol–water partition coefficient (Wildman–Crippen LogP) is 3.38. The SMILES string of the molecule is COC(=O)Cn1c(=NC(=O)c2cc3cccc(OC)c3o2)sc2cc(OC)ccc21. The normalized spacial score (nSPS) is 11.8. The molecule has 0 atom stereocenters. The van der Waals surface area contributed by atoms with Gasteiger partial charge in [-0.2, -0.15) is 4.99 Å². The van der Waals surface area contributed by atoms with Crippen molar-refractivity contribution in [2.45, 2.75) is 6.54 Å². The number of carbonyl (C=O) groups is 2. The number of hydrogen-bond acceptors (Lipinski definition) is 7. The number of amides is 1. The van der Waals surface area contributed by atoms with Gasteiger partial charge in [0.2, 0.25) is 0 Å². The molecule has 2 heterocycles. The number of thiazole rings is 1. The largest absolute Gasteiger partial charge is 0.497 e. The number of carbonyl (C=O) groups excluding carboxylic acids is 2. The van der Waals surface area contributed by atoms with Gasteiger partial charge in [0, 0.05) is 5.39 Å². The Kier molecular flexibility index (Phi) is 5.28. The highest BCUT2D eigenvalue weighted by molar-refractivity contribution is 7.16. The van der Waals surface area contributed by atoms with E-state index in [4.69, 9.17) is 18.6 Å². The van der Waals surface area contributed by atoms with Crippen LogP contribution in [0, 0.1) is 0 Å². The average molecular weight is 426 g/mol. The maximum absolute atomic E-state index is 12.8. The van der Waals surface area contributed by atoms with Crippen LogP contribution in [-0.4, -0.2) is 37.8 Å². The van der Waals surface area contributed by atoms with E-state index in [1.807, 2.05) is 24.3 Å². The van der Waals surface area contributed by atoms with Gasteiger partial charge in [0.15, 0.2) is 21.9 Å². The predicted molar refractivity (Wildman–Crippen MR) is 111 cm³/mol. The Morgan fingerprint density at radius 2 is 1.93 bits per heavy atom. The van der Waals surface area contributed by atoms with Crippen molar-refractivity contribution in [3.63, 3.8) is 0 Å². The molecule has 9 heteroatoms. The molecule has 0 radical (unpaired) electrons. The summed E-state index contributed by atoms with van der Waals surface area (Å²) in [4.78, 5) is 29.3. The third-order valence-corrected chi connectivity index (χ3v) is 5.58. The van der Waals surface area contributed by atoms with Gasteiger partial charge in [-0.05, 0) is 30.3 Å². The van der Waals surface area contributed by atoms with Crippen LogP contribution in [0.3, 0.4) is 0 Å². The summed E-state index contributed by atoms with van der Waals surface area (Å²) < 4.78 is 23.5. The van der Waals surface area contributed by atoms with Gasteiger partial charge in [-0.15, -0.1) is 0 Å². The number of benzene rings is 2. The lowest BCUT2D eigenvalue weighted by Gasteiger charge is -2.04. The first-order chi connectivity index (χ1) is 14.5. The van der Waals surface area contributed by atoms with Crippen LogP contribution >= 0.6 is 11.3 Å². The molecule has 0 aliphatic heterocycles. The molecule has 154 valence electrons. The molecule has 0 N–H and O–H groups in total. The highest BCUT2D eigenvalue weighted by Crippen LogP contribution is 2.29. The van der Waals surface area contributed by atoms with Gasteiger partial charge in [-0.3, -0.25) is 9.59 Å². The minimum Gasteiger partial charge on any atom is -0.497 e. The molecule has 0 aliphatic carbocycles. The molecule has 1 amide bonds. The summed E-state index contributed by atoms with van der Waals surface area (Å²) in [5.74, 6) is 0.255. The van der Waals surface area contributed by atoms with Crippen LogP contribution in [0.25, 0.3) is 21.2 Å². The number of fused-ring (bicyclic) bond motifs is 2. The number of esters is 1. The second-order valence-electron chi connectivity index (χ2n) is 6.29. The molecule has 4 aromatic rings. The highest BCUT2D eigenvalue weighted by atomic mass is 32.1. The van der Waals surface area contributed by atoms with Crippen LogP contribution in [0.2, 0.25) is 0 Å². The Balaban J connectivity index is 1.83. The first-order valence-electron chi connectivity index (χ1n) is 8.94. The van der Waals surface area contributed by atoms with Crippen LogP contribution in [-0.2, 0) is 16.1 Å². The Labute approximate surface area is 174 Å². The molecule has 4 rings (SSSR count). The molecular weight excluding hydrogens is 408 g/mol. The van der Waals surface area contributed by atoms with Gasteiger partial charge in [-0.1, -0.05) is 23.5 Å². The lowest BCUT2D eigenvalue weighted by atomic mass is 10.2. The third kappa shape index (κ3) is 3.55. The van der Waals surface area contributed by atoms with E-state index in [-0.39, 0.29) is 12.3 Å². The van der Waals surface area contributed by atoms with Crippen molar-refractivity contribution in [3.05, 3.63) is 53.0 Å². The number of methoxy groups -OCH3 is 3. The molecule has 0 spiro atoms. The van der Waals surface area contributed by atoms with E-state index in [1.165, 1.54) is 25.6 Å². The maximum Gasteiger partial charge on any atom is 0.325 e. The Hall–Kier alpha value is -3.59. The lowest BCUT2D eigenvalue weighted by molar-refractivity contribution is -0.141. The first-order valence-corrected chi connectivity index (χ1v) is 9.75. The zero-order valence-corrected chi connectivity index (χ0v) is 17.3. The second-order valence-corrected chi connectivity index (χ2v) is 7.30. The zero-order valence-electron chi connectivity index (χ0n) is 16.5. The lowest BCUT2D eigenvalue weighted by Crippen LogP contribution is -2.22. The minimum absolute atomic E-state index is 0.0779. The molecule has 2 aromatic carbocycles. The number of hydrogen-bond donors (Lipinski definition) is 0. The molecule has 2 aromatic heterocycles. The summed E-state index contributed by atoms with van der Waals surface area (Å²) in [7, 11) is 4.41. The van der Waals surface area contributed by atoms with E-state index < -0.39 is 11.9 Å². The summed E-state index contributed by atoms with van der Waals surface area (Å²) in [6.07, 6.45) is 0. The summed E-state index contributed by atoms with van der Waals surface area (Å²) in [5, 5.41) is 0.733. The molecule has 0 bridgehead atoms. The highest BCUT2D eigenvalue weighted by Gasteiger charge is 2.17. The van der Waals surface area contributed by atoms with Crippen molar-refractivity contribution in [3.8, 4) is 11.5 Å². The van der Waals surface area contributed by atoms with Gasteiger partial charge in [0.25, 0.3) is 0 Å². The van der Waals surface area contributed by atoms with E-state index >= 15 is 0 Å². The van der Waals surface area contributed by atoms with E-state index in [2.05, 4.69) is 4.99 Å². The number of para-hydroxylation sites is 1. The summed E-state index contributed by atoms with van der Waals surface area (Å²) in [6, 6.07) is 12.4. The van der Waals surface area contributed by atoms with Gasteiger partial charge in [0.1, 0.15) is 12.3 Å². The summed E-state index contributed by atoms with van der Waals surface area (Å²) >= 11 is 1.26. The van der Waals surface area contributed by atoms with Gasteiger partial charge >= 0.3 is 11.9 Å². The Morgan fingerprint density at radius 3 is 2.67 bits per heavy atom. The van der Waals surface area contributed by atoms with Crippen LogP contribution in [0.4, 0.5) is 0 Å². The topological polar surface area (TPSA) is 92.3 Å². The van der Waals surface area contributed by atoms with E-state index in [0.29, 0.717) is 21.9 Å². The first kappa shape index (κ1) is 19.7.